The van der Waals surface area contributed by atoms with Crippen molar-refractivity contribution in [1.29, 1.82) is 0 Å². The highest BCUT2D eigenvalue weighted by Gasteiger charge is 2.03. The zero-order valence-electron chi connectivity index (χ0n) is 10.7. The van der Waals surface area contributed by atoms with E-state index >= 15 is 0 Å². The van der Waals surface area contributed by atoms with Gasteiger partial charge in [-0.2, -0.15) is 5.10 Å². The van der Waals surface area contributed by atoms with Crippen molar-refractivity contribution < 1.29 is 0 Å². The van der Waals surface area contributed by atoms with Gasteiger partial charge in [-0.15, -0.1) is 5.10 Å². The van der Waals surface area contributed by atoms with Crippen LogP contribution in [0.15, 0.2) is 48.9 Å². The van der Waals surface area contributed by atoms with Gasteiger partial charge in [0.2, 0.25) is 0 Å². The number of hydrogen-bond acceptors (Lipinski definition) is 4. The first-order valence-electron chi connectivity index (χ1n) is 6.18. The van der Waals surface area contributed by atoms with Crippen LogP contribution in [0.1, 0.15) is 11.1 Å². The number of nitrogens with zero attached hydrogens (tertiary/aromatic N) is 3. The van der Waals surface area contributed by atoms with Gasteiger partial charge in [0, 0.05) is 29.7 Å². The molecule has 1 N–H and O–H groups in total. The van der Waals surface area contributed by atoms with Gasteiger partial charge in [0.15, 0.2) is 5.82 Å². The lowest BCUT2D eigenvalue weighted by Gasteiger charge is -2.09. The van der Waals surface area contributed by atoms with E-state index in [0.717, 1.165) is 23.1 Å². The molecule has 0 unspecified atom stereocenters. The molecule has 0 aliphatic heterocycles. The van der Waals surface area contributed by atoms with E-state index in [9.17, 15) is 0 Å². The minimum absolute atomic E-state index is 0.719. The number of aryl methyl sites for hydroxylation is 1. The summed E-state index contributed by atoms with van der Waals surface area (Å²) in [4.78, 5) is 4.09. The van der Waals surface area contributed by atoms with Crippen molar-refractivity contribution in [3.8, 4) is 0 Å². The van der Waals surface area contributed by atoms with Gasteiger partial charge in [-0.25, -0.2) is 0 Å². The molecule has 19 heavy (non-hydrogen) atoms. The van der Waals surface area contributed by atoms with Gasteiger partial charge >= 0.3 is 0 Å². The summed E-state index contributed by atoms with van der Waals surface area (Å²) in [7, 11) is 0. The van der Waals surface area contributed by atoms with Crippen LogP contribution in [0.25, 0.3) is 10.8 Å². The molecule has 0 spiro atoms. The van der Waals surface area contributed by atoms with Gasteiger partial charge < -0.3 is 5.32 Å². The SMILES string of the molecule is Cc1cnccc1CNc1nncc2ccccc12. The molecule has 0 saturated heterocycles. The predicted molar refractivity (Wildman–Crippen MR) is 75.8 cm³/mol. The van der Waals surface area contributed by atoms with Crippen LogP contribution in [0.4, 0.5) is 5.82 Å². The number of hydrogen-bond donors (Lipinski definition) is 1. The molecule has 4 heteroatoms. The lowest BCUT2D eigenvalue weighted by Crippen LogP contribution is -2.04. The third kappa shape index (κ3) is 2.38. The van der Waals surface area contributed by atoms with Crippen LogP contribution in [-0.2, 0) is 6.54 Å². The van der Waals surface area contributed by atoms with Crippen molar-refractivity contribution in [2.45, 2.75) is 13.5 Å². The summed E-state index contributed by atoms with van der Waals surface area (Å²) >= 11 is 0. The first-order valence-corrected chi connectivity index (χ1v) is 6.18. The maximum absolute atomic E-state index is 4.17. The van der Waals surface area contributed by atoms with E-state index in [1.807, 2.05) is 36.5 Å². The fourth-order valence-electron chi connectivity index (χ4n) is 2.04. The fourth-order valence-corrected chi connectivity index (χ4v) is 2.04. The average Bonchev–Trinajstić information content (AvgIpc) is 2.46. The molecule has 2 heterocycles. The standard InChI is InChI=1S/C15H14N4/c1-11-8-16-7-6-12(11)9-17-15-14-5-3-2-4-13(14)10-18-19-15/h2-8,10H,9H2,1H3,(H,17,19). The summed E-state index contributed by atoms with van der Waals surface area (Å²) in [5, 5.41) is 13.7. The van der Waals surface area contributed by atoms with E-state index in [1.165, 1.54) is 11.1 Å². The van der Waals surface area contributed by atoms with Crippen LogP contribution in [-0.4, -0.2) is 15.2 Å². The number of aromatic nitrogens is 3. The maximum atomic E-state index is 4.17. The minimum atomic E-state index is 0.719. The zero-order chi connectivity index (χ0) is 13.1. The van der Waals surface area contributed by atoms with Crippen molar-refractivity contribution in [2.75, 3.05) is 5.32 Å². The summed E-state index contributed by atoms with van der Waals surface area (Å²) in [5.41, 5.74) is 2.38. The second-order valence-electron chi connectivity index (χ2n) is 4.44. The molecule has 0 bridgehead atoms. The van der Waals surface area contributed by atoms with Crippen molar-refractivity contribution >= 4 is 16.6 Å². The van der Waals surface area contributed by atoms with Gasteiger partial charge in [-0.3, -0.25) is 4.98 Å². The van der Waals surface area contributed by atoms with Gasteiger partial charge in [0.05, 0.1) is 6.20 Å². The van der Waals surface area contributed by atoms with E-state index < -0.39 is 0 Å². The third-order valence-corrected chi connectivity index (χ3v) is 3.15. The zero-order valence-corrected chi connectivity index (χ0v) is 10.7. The van der Waals surface area contributed by atoms with E-state index in [4.69, 9.17) is 0 Å². The Hall–Kier alpha value is -2.49. The van der Waals surface area contributed by atoms with Crippen LogP contribution in [0.2, 0.25) is 0 Å². The van der Waals surface area contributed by atoms with Crippen LogP contribution in [0, 0.1) is 6.92 Å². The smallest absolute Gasteiger partial charge is 0.156 e. The molecule has 0 saturated carbocycles. The summed E-state index contributed by atoms with van der Waals surface area (Å²) in [6.45, 7) is 2.77. The molecular weight excluding hydrogens is 236 g/mol. The lowest BCUT2D eigenvalue weighted by molar-refractivity contribution is 1.01. The molecule has 0 aliphatic carbocycles. The van der Waals surface area contributed by atoms with Gasteiger partial charge in [-0.05, 0) is 24.1 Å². The Morgan fingerprint density at radius 2 is 2.00 bits per heavy atom. The number of anilines is 1. The van der Waals surface area contributed by atoms with E-state index in [-0.39, 0.29) is 0 Å². The minimum Gasteiger partial charge on any atom is -0.364 e. The Labute approximate surface area is 111 Å². The third-order valence-electron chi connectivity index (χ3n) is 3.15. The highest BCUT2D eigenvalue weighted by Crippen LogP contribution is 2.20. The molecule has 0 radical (unpaired) electrons. The number of rotatable bonds is 3. The maximum Gasteiger partial charge on any atom is 0.156 e. The monoisotopic (exact) mass is 250 g/mol. The lowest BCUT2D eigenvalue weighted by atomic mass is 10.1. The summed E-state index contributed by atoms with van der Waals surface area (Å²) < 4.78 is 0. The van der Waals surface area contributed by atoms with Gasteiger partial charge in [-0.1, -0.05) is 24.3 Å². The Balaban J connectivity index is 1.88. The topological polar surface area (TPSA) is 50.7 Å². The van der Waals surface area contributed by atoms with E-state index in [2.05, 4.69) is 27.4 Å². The quantitative estimate of drug-likeness (QED) is 0.776. The van der Waals surface area contributed by atoms with Crippen molar-refractivity contribution in [3.05, 3.63) is 60.0 Å². The first kappa shape index (κ1) is 11.6. The first-order chi connectivity index (χ1) is 9.34. The number of fused-ring (bicyclic) bond motifs is 1. The van der Waals surface area contributed by atoms with Crippen molar-refractivity contribution in [2.24, 2.45) is 0 Å². The number of nitrogens with one attached hydrogen (secondary N) is 1. The molecule has 0 amide bonds. The van der Waals surface area contributed by atoms with E-state index in [0.29, 0.717) is 0 Å². The van der Waals surface area contributed by atoms with Gasteiger partial charge in [0.25, 0.3) is 0 Å². The highest BCUT2D eigenvalue weighted by atomic mass is 15.2. The number of benzene rings is 1. The molecule has 2 aromatic heterocycles. The number of pyridine rings is 1. The Kier molecular flexibility index (Phi) is 3.06. The predicted octanol–water partition coefficient (Wildman–Crippen LogP) is 2.95. The Bertz CT molecular complexity index is 704. The molecule has 4 nitrogen and oxygen atoms in total. The molecule has 3 aromatic rings. The second kappa shape index (κ2) is 5.02. The normalized spacial score (nSPS) is 10.6. The summed E-state index contributed by atoms with van der Waals surface area (Å²) in [6.07, 6.45) is 5.45. The van der Waals surface area contributed by atoms with Crippen molar-refractivity contribution in [1.82, 2.24) is 15.2 Å². The highest BCUT2D eigenvalue weighted by molar-refractivity contribution is 5.90. The summed E-state index contributed by atoms with van der Waals surface area (Å²) in [5.74, 6) is 0.814. The van der Waals surface area contributed by atoms with Crippen molar-refractivity contribution in [3.63, 3.8) is 0 Å². The molecule has 3 rings (SSSR count). The van der Waals surface area contributed by atoms with Crippen LogP contribution in [0.5, 0.6) is 0 Å². The van der Waals surface area contributed by atoms with Crippen LogP contribution < -0.4 is 5.32 Å². The van der Waals surface area contributed by atoms with Gasteiger partial charge in [0.1, 0.15) is 0 Å². The second-order valence-corrected chi connectivity index (χ2v) is 4.44. The molecular formula is C15H14N4. The molecule has 0 aliphatic rings. The largest absolute Gasteiger partial charge is 0.364 e. The molecule has 0 fully saturated rings. The van der Waals surface area contributed by atoms with Crippen LogP contribution >= 0.6 is 0 Å². The summed E-state index contributed by atoms with van der Waals surface area (Å²) in [6, 6.07) is 10.1. The fraction of sp³-hybridized carbons (Fsp3) is 0.133. The molecule has 1 aromatic carbocycles. The Morgan fingerprint density at radius 1 is 1.11 bits per heavy atom. The van der Waals surface area contributed by atoms with E-state index in [1.54, 1.807) is 12.4 Å². The Morgan fingerprint density at radius 3 is 2.89 bits per heavy atom. The van der Waals surface area contributed by atoms with Crippen LogP contribution in [0.3, 0.4) is 0 Å². The molecule has 0 atom stereocenters. The molecule has 94 valence electrons. The average molecular weight is 250 g/mol.